The minimum atomic E-state index is 0.137. The van der Waals surface area contributed by atoms with E-state index in [1.165, 1.54) is 22.9 Å². The fourth-order valence-electron chi connectivity index (χ4n) is 3.78. The van der Waals surface area contributed by atoms with Crippen LogP contribution in [-0.2, 0) is 30.9 Å². The molecule has 1 aliphatic heterocycles. The monoisotopic (exact) mass is 436 g/mol. The topological polar surface area (TPSA) is 60.2 Å². The van der Waals surface area contributed by atoms with Gasteiger partial charge in [0.1, 0.15) is 12.4 Å². The van der Waals surface area contributed by atoms with Crippen LogP contribution in [0.25, 0.3) is 0 Å². The molecule has 0 radical (unpaired) electrons. The number of thioether (sulfide) groups is 1. The summed E-state index contributed by atoms with van der Waals surface area (Å²) in [5.41, 5.74) is 4.84. The summed E-state index contributed by atoms with van der Waals surface area (Å²) in [6.45, 7) is 8.67. The lowest BCUT2D eigenvalue weighted by Gasteiger charge is -2.28. The summed E-state index contributed by atoms with van der Waals surface area (Å²) in [6, 6.07) is 14.5. The van der Waals surface area contributed by atoms with Crippen LogP contribution in [0.4, 0.5) is 0 Å². The van der Waals surface area contributed by atoms with Crippen LogP contribution in [-0.4, -0.2) is 37.9 Å². The first kappa shape index (κ1) is 21.4. The van der Waals surface area contributed by atoms with E-state index >= 15 is 0 Å². The number of fused-ring (bicyclic) bond motifs is 1. The maximum atomic E-state index is 12.8. The van der Waals surface area contributed by atoms with Crippen LogP contribution in [0.15, 0.2) is 47.6 Å². The molecule has 0 fully saturated rings. The number of nitrogens with zero attached hydrogens (tertiary/aromatic N) is 4. The van der Waals surface area contributed by atoms with Gasteiger partial charge in [-0.3, -0.25) is 4.79 Å². The van der Waals surface area contributed by atoms with E-state index in [4.69, 9.17) is 4.74 Å². The predicted octanol–water partition coefficient (Wildman–Crippen LogP) is 4.17. The first-order valence-corrected chi connectivity index (χ1v) is 11.6. The molecule has 1 aliphatic rings. The van der Waals surface area contributed by atoms with Gasteiger partial charge in [0.05, 0.1) is 5.75 Å². The molecule has 0 saturated heterocycles. The van der Waals surface area contributed by atoms with Crippen LogP contribution in [0.2, 0.25) is 0 Å². The fraction of sp³-hybridized carbons (Fsp3) is 0.375. The number of rotatable bonds is 7. The molecule has 0 N–H and O–H groups in total. The minimum Gasteiger partial charge on any atom is -0.485 e. The molecular weight excluding hydrogens is 408 g/mol. The molecule has 3 aromatic rings. The second kappa shape index (κ2) is 9.56. The lowest BCUT2D eigenvalue weighted by molar-refractivity contribution is -0.129. The van der Waals surface area contributed by atoms with Crippen LogP contribution in [0, 0.1) is 13.8 Å². The molecule has 0 spiro atoms. The SMILES string of the molecule is CCn1c(COc2cc(C)ccc2C)nnc1SCC(=O)N1CCc2ccccc2C1. The fourth-order valence-corrected chi connectivity index (χ4v) is 4.71. The summed E-state index contributed by atoms with van der Waals surface area (Å²) in [4.78, 5) is 14.7. The smallest absolute Gasteiger partial charge is 0.233 e. The molecule has 1 aromatic heterocycles. The molecule has 0 aliphatic carbocycles. The van der Waals surface area contributed by atoms with Gasteiger partial charge in [-0.05, 0) is 55.5 Å². The Bertz CT molecular complexity index is 1080. The third-order valence-electron chi connectivity index (χ3n) is 5.62. The Hall–Kier alpha value is -2.80. The lowest BCUT2D eigenvalue weighted by atomic mass is 10.00. The van der Waals surface area contributed by atoms with Gasteiger partial charge in [0, 0.05) is 19.6 Å². The average molecular weight is 437 g/mol. The maximum absolute atomic E-state index is 12.8. The molecular formula is C24H28N4O2S. The van der Waals surface area contributed by atoms with E-state index < -0.39 is 0 Å². The molecule has 4 rings (SSSR count). The van der Waals surface area contributed by atoms with Crippen LogP contribution in [0.1, 0.15) is 35.0 Å². The van der Waals surface area contributed by atoms with Crippen molar-refractivity contribution in [3.8, 4) is 5.75 Å². The van der Waals surface area contributed by atoms with Crippen LogP contribution in [0.3, 0.4) is 0 Å². The third kappa shape index (κ3) is 4.93. The van der Waals surface area contributed by atoms with Crippen molar-refractivity contribution in [1.82, 2.24) is 19.7 Å². The van der Waals surface area contributed by atoms with Crippen LogP contribution in [0.5, 0.6) is 5.75 Å². The molecule has 0 unspecified atom stereocenters. The van der Waals surface area contributed by atoms with Gasteiger partial charge in [-0.1, -0.05) is 48.2 Å². The van der Waals surface area contributed by atoms with Gasteiger partial charge in [0.25, 0.3) is 0 Å². The van der Waals surface area contributed by atoms with Crippen LogP contribution < -0.4 is 4.74 Å². The number of carbonyl (C=O) groups is 1. The molecule has 1 amide bonds. The van der Waals surface area contributed by atoms with Gasteiger partial charge in [-0.2, -0.15) is 0 Å². The quantitative estimate of drug-likeness (QED) is 0.520. The average Bonchev–Trinajstić information content (AvgIpc) is 3.19. The van der Waals surface area contributed by atoms with Crippen molar-refractivity contribution in [2.45, 2.75) is 52.0 Å². The molecule has 2 heterocycles. The molecule has 0 bridgehead atoms. The largest absolute Gasteiger partial charge is 0.485 e. The molecule has 2 aromatic carbocycles. The number of benzene rings is 2. The highest BCUT2D eigenvalue weighted by Gasteiger charge is 2.21. The van der Waals surface area contributed by atoms with Crippen molar-refractivity contribution in [2.24, 2.45) is 0 Å². The Labute approximate surface area is 187 Å². The van der Waals surface area contributed by atoms with Crippen molar-refractivity contribution >= 4 is 17.7 Å². The molecule has 162 valence electrons. The number of hydrogen-bond donors (Lipinski definition) is 0. The van der Waals surface area contributed by atoms with Gasteiger partial charge in [0.2, 0.25) is 5.91 Å². The Balaban J connectivity index is 1.36. The molecule has 6 nitrogen and oxygen atoms in total. The number of aryl methyl sites for hydroxylation is 2. The van der Waals surface area contributed by atoms with Gasteiger partial charge in [-0.25, -0.2) is 0 Å². The van der Waals surface area contributed by atoms with E-state index in [2.05, 4.69) is 47.5 Å². The molecule has 0 saturated carbocycles. The third-order valence-corrected chi connectivity index (χ3v) is 6.57. The Morgan fingerprint density at radius 1 is 1.13 bits per heavy atom. The second-order valence-electron chi connectivity index (χ2n) is 7.82. The normalized spacial score (nSPS) is 13.2. The Kier molecular flexibility index (Phi) is 6.61. The number of hydrogen-bond acceptors (Lipinski definition) is 5. The molecule has 0 atom stereocenters. The summed E-state index contributed by atoms with van der Waals surface area (Å²) in [5, 5.41) is 9.39. The number of carbonyl (C=O) groups excluding carboxylic acids is 1. The summed E-state index contributed by atoms with van der Waals surface area (Å²) < 4.78 is 8.03. The number of amides is 1. The summed E-state index contributed by atoms with van der Waals surface area (Å²) in [5.74, 6) is 2.13. The number of ether oxygens (including phenoxy) is 1. The maximum Gasteiger partial charge on any atom is 0.233 e. The van der Waals surface area contributed by atoms with E-state index in [0.717, 1.165) is 47.4 Å². The highest BCUT2D eigenvalue weighted by molar-refractivity contribution is 7.99. The van der Waals surface area contributed by atoms with Crippen molar-refractivity contribution in [2.75, 3.05) is 12.3 Å². The summed E-state index contributed by atoms with van der Waals surface area (Å²) in [6.07, 6.45) is 0.914. The second-order valence-corrected chi connectivity index (χ2v) is 8.77. The molecule has 31 heavy (non-hydrogen) atoms. The van der Waals surface area contributed by atoms with Gasteiger partial charge >= 0.3 is 0 Å². The number of aromatic nitrogens is 3. The molecule has 7 heteroatoms. The summed E-state index contributed by atoms with van der Waals surface area (Å²) >= 11 is 1.45. The Morgan fingerprint density at radius 2 is 1.94 bits per heavy atom. The zero-order valence-corrected chi connectivity index (χ0v) is 19.1. The van der Waals surface area contributed by atoms with E-state index in [0.29, 0.717) is 18.9 Å². The van der Waals surface area contributed by atoms with Crippen molar-refractivity contribution in [3.63, 3.8) is 0 Å². The minimum absolute atomic E-state index is 0.137. The highest BCUT2D eigenvalue weighted by Crippen LogP contribution is 2.23. The van der Waals surface area contributed by atoms with Crippen LogP contribution >= 0.6 is 11.8 Å². The van der Waals surface area contributed by atoms with Crippen molar-refractivity contribution < 1.29 is 9.53 Å². The standard InChI is InChI=1S/C24H28N4O2S/c1-4-28-22(15-30-21-13-17(2)9-10-18(21)3)25-26-24(28)31-16-23(29)27-12-11-19-7-5-6-8-20(19)14-27/h5-10,13H,4,11-12,14-16H2,1-3H3. The highest BCUT2D eigenvalue weighted by atomic mass is 32.2. The summed E-state index contributed by atoms with van der Waals surface area (Å²) in [7, 11) is 0. The van der Waals surface area contributed by atoms with Crippen molar-refractivity contribution in [3.05, 3.63) is 70.5 Å². The first-order chi connectivity index (χ1) is 15.0. The predicted molar refractivity (Wildman–Crippen MR) is 122 cm³/mol. The lowest BCUT2D eigenvalue weighted by Crippen LogP contribution is -2.37. The zero-order chi connectivity index (χ0) is 21.8. The van der Waals surface area contributed by atoms with E-state index in [1.54, 1.807) is 0 Å². The zero-order valence-electron chi connectivity index (χ0n) is 18.3. The van der Waals surface area contributed by atoms with E-state index in [1.807, 2.05) is 35.4 Å². The first-order valence-electron chi connectivity index (χ1n) is 10.6. The van der Waals surface area contributed by atoms with Gasteiger partial charge < -0.3 is 14.2 Å². The van der Waals surface area contributed by atoms with E-state index in [-0.39, 0.29) is 5.91 Å². The Morgan fingerprint density at radius 3 is 2.74 bits per heavy atom. The van der Waals surface area contributed by atoms with Gasteiger partial charge in [0.15, 0.2) is 11.0 Å². The van der Waals surface area contributed by atoms with Crippen molar-refractivity contribution in [1.29, 1.82) is 0 Å². The van der Waals surface area contributed by atoms with E-state index in [9.17, 15) is 4.79 Å². The van der Waals surface area contributed by atoms with Gasteiger partial charge in [-0.15, -0.1) is 10.2 Å².